The minimum absolute atomic E-state index is 0.0632. The predicted molar refractivity (Wildman–Crippen MR) is 102 cm³/mol. The lowest BCUT2D eigenvalue weighted by molar-refractivity contribution is -0.155. The summed E-state index contributed by atoms with van der Waals surface area (Å²) in [5, 5.41) is 0. The monoisotopic (exact) mass is 367 g/mol. The van der Waals surface area contributed by atoms with E-state index < -0.39 is 5.60 Å². The lowest BCUT2D eigenvalue weighted by atomic mass is 10.1. The first-order chi connectivity index (χ1) is 12.8. The van der Waals surface area contributed by atoms with Crippen LogP contribution in [0, 0.1) is 0 Å². The fourth-order valence-electron chi connectivity index (χ4n) is 3.20. The highest BCUT2D eigenvalue weighted by atomic mass is 16.6. The van der Waals surface area contributed by atoms with Gasteiger partial charge in [0, 0.05) is 6.54 Å². The summed E-state index contributed by atoms with van der Waals surface area (Å²) < 4.78 is 10.3. The van der Waals surface area contributed by atoms with E-state index in [1.807, 2.05) is 63.2 Å². The Labute approximate surface area is 159 Å². The van der Waals surface area contributed by atoms with E-state index in [2.05, 4.69) is 4.90 Å². The number of esters is 2. The van der Waals surface area contributed by atoms with Gasteiger partial charge in [0.1, 0.15) is 11.6 Å². The Hall–Kier alpha value is -2.66. The van der Waals surface area contributed by atoms with Crippen LogP contribution in [0.4, 0.5) is 0 Å². The van der Waals surface area contributed by atoms with Crippen molar-refractivity contribution in [2.75, 3.05) is 7.11 Å². The van der Waals surface area contributed by atoms with Crippen LogP contribution in [0.5, 0.6) is 0 Å². The molecule has 1 aliphatic heterocycles. The molecular formula is C22H25NO4. The Kier molecular flexibility index (Phi) is 5.33. The minimum atomic E-state index is -0.530. The number of rotatable bonds is 5. The molecule has 3 atom stereocenters. The van der Waals surface area contributed by atoms with Crippen molar-refractivity contribution in [2.45, 2.75) is 45.0 Å². The first-order valence-corrected chi connectivity index (χ1v) is 9.01. The average Bonchev–Trinajstić information content (AvgIpc) is 3.34. The van der Waals surface area contributed by atoms with Gasteiger partial charge in [-0.25, -0.2) is 4.79 Å². The summed E-state index contributed by atoms with van der Waals surface area (Å²) in [7, 11) is 1.36. The van der Waals surface area contributed by atoms with Crippen molar-refractivity contribution in [2.24, 2.45) is 0 Å². The maximum Gasteiger partial charge on any atom is 0.337 e. The molecule has 0 saturated carbocycles. The second kappa shape index (κ2) is 7.53. The molecule has 142 valence electrons. The molecule has 0 bridgehead atoms. The van der Waals surface area contributed by atoms with Gasteiger partial charge in [-0.1, -0.05) is 42.5 Å². The first kappa shape index (κ1) is 19.1. The van der Waals surface area contributed by atoms with E-state index in [0.29, 0.717) is 12.1 Å². The van der Waals surface area contributed by atoms with E-state index in [-0.39, 0.29) is 24.0 Å². The molecule has 1 fully saturated rings. The molecule has 5 nitrogen and oxygen atoms in total. The largest absolute Gasteiger partial charge is 0.465 e. The van der Waals surface area contributed by atoms with Gasteiger partial charge in [0.15, 0.2) is 0 Å². The number of benzene rings is 2. The van der Waals surface area contributed by atoms with E-state index in [0.717, 1.165) is 11.1 Å². The van der Waals surface area contributed by atoms with Crippen LogP contribution in [0.15, 0.2) is 54.6 Å². The van der Waals surface area contributed by atoms with Crippen LogP contribution in [0.2, 0.25) is 0 Å². The number of hydrogen-bond acceptors (Lipinski definition) is 5. The van der Waals surface area contributed by atoms with Gasteiger partial charge in [0.2, 0.25) is 0 Å². The van der Waals surface area contributed by atoms with Crippen LogP contribution in [-0.2, 0) is 20.8 Å². The summed E-state index contributed by atoms with van der Waals surface area (Å²) in [4.78, 5) is 26.4. The Balaban J connectivity index is 1.81. The zero-order valence-corrected chi connectivity index (χ0v) is 16.1. The van der Waals surface area contributed by atoms with Crippen LogP contribution in [0.25, 0.3) is 0 Å². The quantitative estimate of drug-likeness (QED) is 0.595. The number of nitrogens with zero attached hydrogens (tertiary/aromatic N) is 1. The fourth-order valence-corrected chi connectivity index (χ4v) is 3.20. The lowest BCUT2D eigenvalue weighted by Gasteiger charge is -2.19. The summed E-state index contributed by atoms with van der Waals surface area (Å²) in [6, 6.07) is 16.9. The number of ether oxygens (including phenoxy) is 2. The Morgan fingerprint density at radius 1 is 1.00 bits per heavy atom. The first-order valence-electron chi connectivity index (χ1n) is 9.01. The molecule has 2 aromatic carbocycles. The van der Waals surface area contributed by atoms with Gasteiger partial charge in [0.25, 0.3) is 0 Å². The van der Waals surface area contributed by atoms with Crippen molar-refractivity contribution in [1.29, 1.82) is 0 Å². The molecule has 0 amide bonds. The van der Waals surface area contributed by atoms with Crippen LogP contribution in [0.1, 0.15) is 48.3 Å². The van der Waals surface area contributed by atoms with Crippen molar-refractivity contribution in [1.82, 2.24) is 4.90 Å². The van der Waals surface area contributed by atoms with E-state index in [4.69, 9.17) is 9.47 Å². The van der Waals surface area contributed by atoms with Crippen LogP contribution < -0.4 is 0 Å². The third-order valence-corrected chi connectivity index (χ3v) is 4.45. The van der Waals surface area contributed by atoms with Gasteiger partial charge >= 0.3 is 11.9 Å². The van der Waals surface area contributed by atoms with E-state index in [9.17, 15) is 9.59 Å². The molecule has 0 spiro atoms. The van der Waals surface area contributed by atoms with E-state index in [1.165, 1.54) is 7.11 Å². The van der Waals surface area contributed by atoms with Crippen molar-refractivity contribution in [3.05, 3.63) is 71.3 Å². The Bertz CT molecular complexity index is 808. The highest BCUT2D eigenvalue weighted by Gasteiger charge is 2.54. The SMILES string of the molecule is COC(=O)c1ccc(C2C(C(=O)OC(C)(C)C)N2Cc2ccccc2)cc1. The smallest absolute Gasteiger partial charge is 0.337 e. The lowest BCUT2D eigenvalue weighted by Crippen LogP contribution is -2.28. The summed E-state index contributed by atoms with van der Waals surface area (Å²) in [5.74, 6) is -0.595. The maximum absolute atomic E-state index is 12.7. The summed E-state index contributed by atoms with van der Waals surface area (Å²) in [6.45, 7) is 6.27. The van der Waals surface area contributed by atoms with Gasteiger partial charge in [-0.2, -0.15) is 0 Å². The standard InChI is InChI=1S/C22H25NO4/c1-22(2,3)27-21(25)19-18(23(19)14-15-8-6-5-7-9-15)16-10-12-17(13-11-16)20(24)26-4/h5-13,18-19H,14H2,1-4H3. The van der Waals surface area contributed by atoms with Crippen LogP contribution in [0.3, 0.4) is 0 Å². The predicted octanol–water partition coefficient (Wildman–Crippen LogP) is 3.74. The molecule has 1 saturated heterocycles. The van der Waals surface area contributed by atoms with Gasteiger partial charge in [-0.15, -0.1) is 0 Å². The number of carbonyl (C=O) groups excluding carboxylic acids is 2. The van der Waals surface area contributed by atoms with Crippen molar-refractivity contribution >= 4 is 11.9 Å². The van der Waals surface area contributed by atoms with Crippen molar-refractivity contribution < 1.29 is 19.1 Å². The molecule has 0 aliphatic carbocycles. The highest BCUT2D eigenvalue weighted by Crippen LogP contribution is 2.45. The topological polar surface area (TPSA) is 55.6 Å². The Morgan fingerprint density at radius 3 is 2.19 bits per heavy atom. The minimum Gasteiger partial charge on any atom is -0.465 e. The third-order valence-electron chi connectivity index (χ3n) is 4.45. The fraction of sp³-hybridized carbons (Fsp3) is 0.364. The summed E-state index contributed by atoms with van der Waals surface area (Å²) in [5.41, 5.74) is 2.08. The molecular weight excluding hydrogens is 342 g/mol. The van der Waals surface area contributed by atoms with Gasteiger partial charge < -0.3 is 9.47 Å². The second-order valence-electron chi connectivity index (χ2n) is 7.69. The maximum atomic E-state index is 12.7. The number of carbonyl (C=O) groups is 2. The zero-order valence-electron chi connectivity index (χ0n) is 16.1. The molecule has 0 N–H and O–H groups in total. The molecule has 1 heterocycles. The normalized spacial score (nSPS) is 21.4. The van der Waals surface area contributed by atoms with Gasteiger partial charge in [-0.3, -0.25) is 9.69 Å². The average molecular weight is 367 g/mol. The number of methoxy groups -OCH3 is 1. The molecule has 27 heavy (non-hydrogen) atoms. The van der Waals surface area contributed by atoms with Gasteiger partial charge in [0.05, 0.1) is 18.7 Å². The van der Waals surface area contributed by atoms with Crippen LogP contribution in [-0.4, -0.2) is 35.6 Å². The van der Waals surface area contributed by atoms with E-state index >= 15 is 0 Å². The van der Waals surface area contributed by atoms with Crippen molar-refractivity contribution in [3.63, 3.8) is 0 Å². The van der Waals surface area contributed by atoms with Crippen LogP contribution >= 0.6 is 0 Å². The van der Waals surface area contributed by atoms with Crippen molar-refractivity contribution in [3.8, 4) is 0 Å². The molecule has 0 aromatic heterocycles. The second-order valence-corrected chi connectivity index (χ2v) is 7.69. The molecule has 0 radical (unpaired) electrons. The zero-order chi connectivity index (χ0) is 19.6. The Morgan fingerprint density at radius 2 is 1.63 bits per heavy atom. The summed E-state index contributed by atoms with van der Waals surface area (Å²) in [6.07, 6.45) is 0. The molecule has 3 rings (SSSR count). The van der Waals surface area contributed by atoms with Gasteiger partial charge in [-0.05, 0) is 44.0 Å². The summed E-state index contributed by atoms with van der Waals surface area (Å²) >= 11 is 0. The highest BCUT2D eigenvalue weighted by molar-refractivity contribution is 5.89. The molecule has 5 heteroatoms. The van der Waals surface area contributed by atoms with E-state index in [1.54, 1.807) is 12.1 Å². The molecule has 3 unspecified atom stereocenters. The number of hydrogen-bond donors (Lipinski definition) is 0. The molecule has 1 aliphatic rings. The third kappa shape index (κ3) is 4.55. The molecule has 2 aromatic rings.